The van der Waals surface area contributed by atoms with E-state index >= 15 is 0 Å². The minimum atomic E-state index is -0.676. The molecule has 2 heterocycles. The van der Waals surface area contributed by atoms with Crippen molar-refractivity contribution in [3.63, 3.8) is 0 Å². The predicted molar refractivity (Wildman–Crippen MR) is 121 cm³/mol. The molecule has 5 rings (SSSR count). The van der Waals surface area contributed by atoms with Crippen LogP contribution in [-0.2, 0) is 22.7 Å². The molecule has 168 valence electrons. The first-order valence-corrected chi connectivity index (χ1v) is 11.1. The van der Waals surface area contributed by atoms with Crippen LogP contribution in [0, 0.1) is 0 Å². The van der Waals surface area contributed by atoms with Gasteiger partial charge in [-0.3, -0.25) is 14.4 Å². The predicted octanol–water partition coefficient (Wildman–Crippen LogP) is 2.02. The molecular formula is C25H25N5O3. The van der Waals surface area contributed by atoms with Gasteiger partial charge in [0.15, 0.2) is 0 Å². The molecule has 0 saturated heterocycles. The number of carbonyl (C=O) groups excluding carboxylic acids is 3. The van der Waals surface area contributed by atoms with Gasteiger partial charge in [-0.25, -0.2) is 4.98 Å². The van der Waals surface area contributed by atoms with E-state index < -0.39 is 6.04 Å². The zero-order chi connectivity index (χ0) is 22.8. The summed E-state index contributed by atoms with van der Waals surface area (Å²) in [6, 6.07) is 14.5. The standard InChI is InChI=1S/C25H25N5O3/c31-22(27-13-17-5-1-2-6-18(17)15-29-12-11-26-16-29)14-28-24(32)23-20-7-3-4-8-21(20)25(33)30(23)19-9-10-19/h1-8,11-12,16,19,23H,9-10,13-15H2,(H,27,31)(H,28,32). The highest BCUT2D eigenvalue weighted by Gasteiger charge is 2.47. The summed E-state index contributed by atoms with van der Waals surface area (Å²) >= 11 is 0. The molecule has 0 bridgehead atoms. The summed E-state index contributed by atoms with van der Waals surface area (Å²) in [6.45, 7) is 0.876. The van der Waals surface area contributed by atoms with E-state index in [2.05, 4.69) is 15.6 Å². The number of hydrogen-bond acceptors (Lipinski definition) is 4. The number of nitrogens with one attached hydrogen (secondary N) is 2. The lowest BCUT2D eigenvalue weighted by Crippen LogP contribution is -2.43. The third-order valence-corrected chi connectivity index (χ3v) is 6.12. The smallest absolute Gasteiger partial charge is 0.255 e. The number of carbonyl (C=O) groups is 3. The third-order valence-electron chi connectivity index (χ3n) is 6.12. The van der Waals surface area contributed by atoms with E-state index in [9.17, 15) is 14.4 Å². The van der Waals surface area contributed by atoms with Gasteiger partial charge in [-0.2, -0.15) is 0 Å². The molecule has 33 heavy (non-hydrogen) atoms. The van der Waals surface area contributed by atoms with Crippen molar-refractivity contribution in [2.45, 2.75) is 38.0 Å². The maximum atomic E-state index is 13.0. The molecule has 2 aromatic carbocycles. The van der Waals surface area contributed by atoms with Crippen LogP contribution in [0.4, 0.5) is 0 Å². The van der Waals surface area contributed by atoms with Gasteiger partial charge < -0.3 is 20.1 Å². The highest BCUT2D eigenvalue weighted by molar-refractivity contribution is 6.05. The Balaban J connectivity index is 1.19. The lowest BCUT2D eigenvalue weighted by atomic mass is 10.0. The first kappa shape index (κ1) is 20.9. The molecule has 1 unspecified atom stereocenters. The molecule has 1 aromatic heterocycles. The first-order chi connectivity index (χ1) is 16.1. The van der Waals surface area contributed by atoms with Crippen LogP contribution in [0.1, 0.15) is 45.9 Å². The summed E-state index contributed by atoms with van der Waals surface area (Å²) in [7, 11) is 0. The summed E-state index contributed by atoms with van der Waals surface area (Å²) in [6.07, 6.45) is 7.18. The number of hydrogen-bond donors (Lipinski definition) is 2. The molecule has 1 aliphatic heterocycles. The van der Waals surface area contributed by atoms with Crippen LogP contribution in [-0.4, -0.2) is 44.8 Å². The van der Waals surface area contributed by atoms with Crippen molar-refractivity contribution in [1.82, 2.24) is 25.1 Å². The lowest BCUT2D eigenvalue weighted by Gasteiger charge is -2.24. The van der Waals surface area contributed by atoms with Crippen LogP contribution in [0.2, 0.25) is 0 Å². The zero-order valence-electron chi connectivity index (χ0n) is 18.1. The Labute approximate surface area is 191 Å². The van der Waals surface area contributed by atoms with Gasteiger partial charge in [-0.1, -0.05) is 42.5 Å². The number of nitrogens with zero attached hydrogens (tertiary/aromatic N) is 3. The molecular weight excluding hydrogens is 418 g/mol. The Bertz CT molecular complexity index is 1190. The molecule has 8 nitrogen and oxygen atoms in total. The molecule has 3 aromatic rings. The van der Waals surface area contributed by atoms with Gasteiger partial charge in [-0.05, 0) is 35.6 Å². The van der Waals surface area contributed by atoms with Crippen LogP contribution < -0.4 is 10.6 Å². The highest BCUT2D eigenvalue weighted by Crippen LogP contribution is 2.41. The fraction of sp³-hybridized carbons (Fsp3) is 0.280. The number of aromatic nitrogens is 2. The van der Waals surface area contributed by atoms with Gasteiger partial charge in [0, 0.05) is 37.1 Å². The van der Waals surface area contributed by atoms with E-state index in [-0.39, 0.29) is 30.3 Å². The van der Waals surface area contributed by atoms with Gasteiger partial charge in [0.25, 0.3) is 5.91 Å². The largest absolute Gasteiger partial charge is 0.350 e. The molecule has 2 aliphatic rings. The quantitative estimate of drug-likeness (QED) is 0.557. The van der Waals surface area contributed by atoms with Crippen molar-refractivity contribution in [3.05, 3.63) is 89.5 Å². The summed E-state index contributed by atoms with van der Waals surface area (Å²) in [5.41, 5.74) is 3.37. The molecule has 0 spiro atoms. The maximum absolute atomic E-state index is 13.0. The number of amides is 3. The molecule has 1 aliphatic carbocycles. The number of imidazole rings is 1. The average molecular weight is 444 g/mol. The van der Waals surface area contributed by atoms with Crippen molar-refractivity contribution < 1.29 is 14.4 Å². The lowest BCUT2D eigenvalue weighted by molar-refractivity contribution is -0.129. The Morgan fingerprint density at radius 3 is 2.52 bits per heavy atom. The van der Waals surface area contributed by atoms with Crippen molar-refractivity contribution in [2.75, 3.05) is 6.54 Å². The summed E-state index contributed by atoms with van der Waals surface area (Å²) < 4.78 is 1.97. The molecule has 1 saturated carbocycles. The second-order valence-corrected chi connectivity index (χ2v) is 8.43. The Hall–Kier alpha value is -3.94. The van der Waals surface area contributed by atoms with Crippen LogP contribution in [0.25, 0.3) is 0 Å². The Morgan fingerprint density at radius 1 is 1.00 bits per heavy atom. The molecule has 2 N–H and O–H groups in total. The Morgan fingerprint density at radius 2 is 1.76 bits per heavy atom. The second-order valence-electron chi connectivity index (χ2n) is 8.43. The molecule has 1 atom stereocenters. The SMILES string of the molecule is O=C(CNC(=O)C1c2ccccc2C(=O)N1C1CC1)NCc1ccccc1Cn1ccnc1. The van der Waals surface area contributed by atoms with E-state index in [1.54, 1.807) is 29.6 Å². The molecule has 0 radical (unpaired) electrons. The van der Waals surface area contributed by atoms with Gasteiger partial charge in [0.05, 0.1) is 12.9 Å². The maximum Gasteiger partial charge on any atom is 0.255 e. The van der Waals surface area contributed by atoms with E-state index in [1.807, 2.05) is 47.2 Å². The number of fused-ring (bicyclic) bond motifs is 1. The first-order valence-electron chi connectivity index (χ1n) is 11.1. The zero-order valence-corrected chi connectivity index (χ0v) is 18.1. The van der Waals surface area contributed by atoms with Crippen molar-refractivity contribution >= 4 is 17.7 Å². The van der Waals surface area contributed by atoms with Crippen molar-refractivity contribution in [3.8, 4) is 0 Å². The number of rotatable bonds is 8. The van der Waals surface area contributed by atoms with E-state index in [4.69, 9.17) is 0 Å². The minimum absolute atomic E-state index is 0.0986. The average Bonchev–Trinajstić information content (AvgIpc) is 3.46. The highest BCUT2D eigenvalue weighted by atomic mass is 16.2. The van der Waals surface area contributed by atoms with Crippen molar-refractivity contribution in [2.24, 2.45) is 0 Å². The van der Waals surface area contributed by atoms with Crippen LogP contribution in [0.5, 0.6) is 0 Å². The van der Waals surface area contributed by atoms with Crippen LogP contribution in [0.15, 0.2) is 67.3 Å². The van der Waals surface area contributed by atoms with Gasteiger partial charge in [-0.15, -0.1) is 0 Å². The van der Waals surface area contributed by atoms with Crippen molar-refractivity contribution in [1.29, 1.82) is 0 Å². The van der Waals surface area contributed by atoms with Gasteiger partial charge in [0.2, 0.25) is 11.8 Å². The van der Waals surface area contributed by atoms with E-state index in [0.717, 1.165) is 24.0 Å². The Kier molecular flexibility index (Phi) is 5.64. The van der Waals surface area contributed by atoms with Crippen LogP contribution in [0.3, 0.4) is 0 Å². The van der Waals surface area contributed by atoms with Crippen LogP contribution >= 0.6 is 0 Å². The monoisotopic (exact) mass is 443 g/mol. The summed E-state index contributed by atoms with van der Waals surface area (Å²) in [5, 5.41) is 5.61. The molecule has 8 heteroatoms. The van der Waals surface area contributed by atoms with E-state index in [0.29, 0.717) is 24.2 Å². The topological polar surface area (TPSA) is 96.3 Å². The second kappa shape index (κ2) is 8.90. The fourth-order valence-electron chi connectivity index (χ4n) is 4.31. The molecule has 1 fully saturated rings. The minimum Gasteiger partial charge on any atom is -0.350 e. The fourth-order valence-corrected chi connectivity index (χ4v) is 4.31. The normalized spacial score (nSPS) is 17.0. The third kappa shape index (κ3) is 4.37. The molecule has 3 amide bonds. The van der Waals surface area contributed by atoms with Gasteiger partial charge >= 0.3 is 0 Å². The summed E-state index contributed by atoms with van der Waals surface area (Å²) in [4.78, 5) is 44.0. The number of benzene rings is 2. The van der Waals surface area contributed by atoms with Gasteiger partial charge in [0.1, 0.15) is 6.04 Å². The summed E-state index contributed by atoms with van der Waals surface area (Å²) in [5.74, 6) is -0.709. The van der Waals surface area contributed by atoms with E-state index in [1.165, 1.54) is 0 Å².